The summed E-state index contributed by atoms with van der Waals surface area (Å²) < 4.78 is 2.01. The van der Waals surface area contributed by atoms with Crippen molar-refractivity contribution in [2.75, 3.05) is 26.2 Å². The maximum Gasteiger partial charge on any atom is 0.191 e. The highest BCUT2D eigenvalue weighted by Crippen LogP contribution is 2.25. The number of likely N-dealkylation sites (tertiary alicyclic amines) is 1. The molecule has 0 amide bonds. The van der Waals surface area contributed by atoms with Crippen molar-refractivity contribution in [2.45, 2.75) is 84.2 Å². The van der Waals surface area contributed by atoms with Crippen molar-refractivity contribution in [3.8, 4) is 0 Å². The molecule has 2 heterocycles. The van der Waals surface area contributed by atoms with E-state index in [2.05, 4.69) is 32.7 Å². The number of halogens is 1. The second kappa shape index (κ2) is 13.5. The SMILES string of the molecule is CCCCNC(=NCc1nnc(C)n1C)NC1CCN(CC2CCCCC2)CC1.I. The minimum Gasteiger partial charge on any atom is -0.356 e. The lowest BCUT2D eigenvalue weighted by Crippen LogP contribution is -2.49. The maximum atomic E-state index is 4.80. The molecule has 172 valence electrons. The van der Waals surface area contributed by atoms with Crippen molar-refractivity contribution in [2.24, 2.45) is 18.0 Å². The Labute approximate surface area is 199 Å². The highest BCUT2D eigenvalue weighted by molar-refractivity contribution is 14.0. The van der Waals surface area contributed by atoms with E-state index in [0.29, 0.717) is 12.6 Å². The molecule has 0 atom stereocenters. The van der Waals surface area contributed by atoms with Crippen LogP contribution in [0.4, 0.5) is 0 Å². The van der Waals surface area contributed by atoms with Gasteiger partial charge in [-0.2, -0.15) is 0 Å². The predicted octanol–water partition coefficient (Wildman–Crippen LogP) is 3.62. The zero-order valence-corrected chi connectivity index (χ0v) is 21.5. The fraction of sp³-hybridized carbons (Fsp3) is 0.864. The molecule has 0 spiro atoms. The Morgan fingerprint density at radius 3 is 2.47 bits per heavy atom. The standard InChI is InChI=1S/C22H41N7.HI/c1-4-5-13-23-22(24-16-21-27-26-18(2)28(21)3)25-20-11-14-29(15-12-20)17-19-9-7-6-8-10-19;/h19-20H,4-17H2,1-3H3,(H2,23,24,25);1H. The van der Waals surface area contributed by atoms with Crippen LogP contribution in [0.2, 0.25) is 0 Å². The van der Waals surface area contributed by atoms with Crippen LogP contribution in [0.15, 0.2) is 4.99 Å². The van der Waals surface area contributed by atoms with Gasteiger partial charge in [0.05, 0.1) is 0 Å². The first-order valence-corrected chi connectivity index (χ1v) is 11.8. The fourth-order valence-corrected chi connectivity index (χ4v) is 4.46. The Morgan fingerprint density at radius 1 is 1.10 bits per heavy atom. The molecule has 8 heteroatoms. The van der Waals surface area contributed by atoms with E-state index in [1.54, 1.807) is 0 Å². The molecule has 2 aliphatic rings. The van der Waals surface area contributed by atoms with E-state index in [0.717, 1.165) is 36.5 Å². The summed E-state index contributed by atoms with van der Waals surface area (Å²) >= 11 is 0. The summed E-state index contributed by atoms with van der Waals surface area (Å²) in [5.41, 5.74) is 0. The Bertz CT molecular complexity index is 631. The van der Waals surface area contributed by atoms with Gasteiger partial charge in [0, 0.05) is 39.3 Å². The van der Waals surface area contributed by atoms with E-state index in [1.807, 2.05) is 18.5 Å². The maximum absolute atomic E-state index is 4.80. The largest absolute Gasteiger partial charge is 0.356 e. The zero-order chi connectivity index (χ0) is 20.5. The number of nitrogens with zero attached hydrogens (tertiary/aromatic N) is 5. The minimum absolute atomic E-state index is 0. The van der Waals surface area contributed by atoms with Gasteiger partial charge in [0.25, 0.3) is 0 Å². The van der Waals surface area contributed by atoms with Crippen molar-refractivity contribution in [1.29, 1.82) is 0 Å². The second-order valence-corrected chi connectivity index (χ2v) is 8.89. The molecule has 3 rings (SSSR count). The number of hydrogen-bond acceptors (Lipinski definition) is 4. The van der Waals surface area contributed by atoms with Crippen LogP contribution >= 0.6 is 24.0 Å². The van der Waals surface area contributed by atoms with Gasteiger partial charge in [0.1, 0.15) is 12.4 Å². The number of piperidine rings is 1. The predicted molar refractivity (Wildman–Crippen MR) is 134 cm³/mol. The van der Waals surface area contributed by atoms with Crippen LogP contribution in [-0.2, 0) is 13.6 Å². The number of aliphatic imine (C=N–C) groups is 1. The topological polar surface area (TPSA) is 70.4 Å². The van der Waals surface area contributed by atoms with Crippen molar-refractivity contribution in [1.82, 2.24) is 30.3 Å². The average Bonchev–Trinajstić information content (AvgIpc) is 3.06. The molecule has 1 aliphatic carbocycles. The van der Waals surface area contributed by atoms with Crippen LogP contribution in [0.3, 0.4) is 0 Å². The van der Waals surface area contributed by atoms with E-state index < -0.39 is 0 Å². The number of nitrogens with one attached hydrogen (secondary N) is 2. The average molecular weight is 532 g/mol. The van der Waals surface area contributed by atoms with Gasteiger partial charge in [-0.15, -0.1) is 34.2 Å². The van der Waals surface area contributed by atoms with Gasteiger partial charge in [-0.25, -0.2) is 4.99 Å². The van der Waals surface area contributed by atoms with Gasteiger partial charge >= 0.3 is 0 Å². The quantitative estimate of drug-likeness (QED) is 0.232. The smallest absolute Gasteiger partial charge is 0.191 e. The Balaban J connectivity index is 0.00000320. The van der Waals surface area contributed by atoms with Gasteiger partial charge in [0.2, 0.25) is 0 Å². The molecule has 1 aromatic rings. The van der Waals surface area contributed by atoms with Crippen molar-refractivity contribution >= 4 is 29.9 Å². The Kier molecular flexibility index (Phi) is 11.4. The molecule has 0 bridgehead atoms. The number of rotatable bonds is 8. The summed E-state index contributed by atoms with van der Waals surface area (Å²) in [6.07, 6.45) is 12.0. The lowest BCUT2D eigenvalue weighted by atomic mass is 9.88. The molecule has 0 unspecified atom stereocenters. The third-order valence-electron chi connectivity index (χ3n) is 6.55. The van der Waals surface area contributed by atoms with Crippen molar-refractivity contribution < 1.29 is 0 Å². The number of unbranched alkanes of at least 4 members (excludes halogenated alkanes) is 1. The van der Waals surface area contributed by atoms with Crippen molar-refractivity contribution in [3.05, 3.63) is 11.6 Å². The van der Waals surface area contributed by atoms with Crippen LogP contribution in [0, 0.1) is 12.8 Å². The first kappa shape index (κ1) is 25.4. The molecule has 2 N–H and O–H groups in total. The Morgan fingerprint density at radius 2 is 1.83 bits per heavy atom. The number of guanidine groups is 1. The summed E-state index contributed by atoms with van der Waals surface area (Å²) in [6.45, 7) is 9.43. The van der Waals surface area contributed by atoms with Crippen molar-refractivity contribution in [3.63, 3.8) is 0 Å². The zero-order valence-electron chi connectivity index (χ0n) is 19.2. The molecule has 1 saturated heterocycles. The van der Waals surface area contributed by atoms with Crippen LogP contribution in [0.1, 0.15) is 76.4 Å². The fourth-order valence-electron chi connectivity index (χ4n) is 4.46. The van der Waals surface area contributed by atoms with Crippen LogP contribution < -0.4 is 10.6 Å². The van der Waals surface area contributed by atoms with Gasteiger partial charge in [-0.1, -0.05) is 32.6 Å². The molecule has 1 aromatic heterocycles. The van der Waals surface area contributed by atoms with E-state index in [4.69, 9.17) is 4.99 Å². The highest BCUT2D eigenvalue weighted by atomic mass is 127. The molecule has 1 aliphatic heterocycles. The summed E-state index contributed by atoms with van der Waals surface area (Å²) in [6, 6.07) is 0.506. The third-order valence-corrected chi connectivity index (χ3v) is 6.55. The molecule has 2 fully saturated rings. The first-order chi connectivity index (χ1) is 14.2. The summed E-state index contributed by atoms with van der Waals surface area (Å²) in [7, 11) is 2.00. The number of aromatic nitrogens is 3. The minimum atomic E-state index is 0. The van der Waals surface area contributed by atoms with Gasteiger partial charge in [0.15, 0.2) is 11.8 Å². The molecular formula is C22H42IN7. The summed E-state index contributed by atoms with van der Waals surface area (Å²) in [5.74, 6) is 3.69. The normalized spacial score (nSPS) is 19.5. The lowest BCUT2D eigenvalue weighted by molar-refractivity contribution is 0.160. The van der Waals surface area contributed by atoms with E-state index in [1.165, 1.54) is 71.0 Å². The monoisotopic (exact) mass is 531 g/mol. The Hall–Kier alpha value is -0.900. The summed E-state index contributed by atoms with van der Waals surface area (Å²) in [4.78, 5) is 7.50. The van der Waals surface area contributed by atoms with Gasteiger partial charge < -0.3 is 20.1 Å². The highest BCUT2D eigenvalue weighted by Gasteiger charge is 2.23. The van der Waals surface area contributed by atoms with E-state index in [9.17, 15) is 0 Å². The first-order valence-electron chi connectivity index (χ1n) is 11.8. The van der Waals surface area contributed by atoms with Crippen LogP contribution in [0.25, 0.3) is 0 Å². The number of hydrogen-bond donors (Lipinski definition) is 2. The molecule has 7 nitrogen and oxygen atoms in total. The third kappa shape index (κ3) is 7.98. The van der Waals surface area contributed by atoms with Gasteiger partial charge in [-0.05, 0) is 44.9 Å². The molecule has 30 heavy (non-hydrogen) atoms. The van der Waals surface area contributed by atoms with Crippen LogP contribution in [-0.4, -0.2) is 57.8 Å². The summed E-state index contributed by atoms with van der Waals surface area (Å²) in [5, 5.41) is 15.6. The molecule has 0 aromatic carbocycles. The lowest BCUT2D eigenvalue weighted by Gasteiger charge is -2.36. The molecule has 0 radical (unpaired) electrons. The van der Waals surface area contributed by atoms with E-state index >= 15 is 0 Å². The molecule has 1 saturated carbocycles. The molecular weight excluding hydrogens is 489 g/mol. The number of aryl methyl sites for hydroxylation is 1. The van der Waals surface area contributed by atoms with E-state index in [-0.39, 0.29) is 24.0 Å². The second-order valence-electron chi connectivity index (χ2n) is 8.89. The van der Waals surface area contributed by atoms with Crippen LogP contribution in [0.5, 0.6) is 0 Å². The van der Waals surface area contributed by atoms with Gasteiger partial charge in [-0.3, -0.25) is 0 Å².